The zero-order valence-corrected chi connectivity index (χ0v) is 15.0. The molecule has 25 heavy (non-hydrogen) atoms. The molecular formula is C13H21F3N2O6S. The van der Waals surface area contributed by atoms with Gasteiger partial charge in [0.25, 0.3) is 0 Å². The number of carbonyl (C=O) groups is 3. The van der Waals surface area contributed by atoms with Crippen LogP contribution in [0.4, 0.5) is 18.0 Å². The van der Waals surface area contributed by atoms with Gasteiger partial charge in [-0.2, -0.15) is 24.9 Å². The van der Waals surface area contributed by atoms with Crippen molar-refractivity contribution in [2.75, 3.05) is 18.1 Å². The monoisotopic (exact) mass is 390 g/mol. The van der Waals surface area contributed by atoms with Crippen LogP contribution in [0.15, 0.2) is 0 Å². The highest BCUT2D eigenvalue weighted by Crippen LogP contribution is 2.18. The molecule has 1 atom stereocenters. The molecule has 0 aromatic heterocycles. The maximum atomic E-state index is 11.9. The number of rotatable bonds is 6. The molecule has 0 radical (unpaired) electrons. The number of alkyl halides is 3. The summed E-state index contributed by atoms with van der Waals surface area (Å²) in [5.74, 6) is -3.70. The highest BCUT2D eigenvalue weighted by molar-refractivity contribution is 7.99. The number of nitrogens with two attached hydrogens (primary N) is 1. The first kappa shape index (κ1) is 23.3. The fourth-order valence-electron chi connectivity index (χ4n) is 1.10. The first-order valence-corrected chi connectivity index (χ1v) is 8.14. The maximum absolute atomic E-state index is 11.9. The Morgan fingerprint density at radius 2 is 1.56 bits per heavy atom. The molecule has 0 saturated carbocycles. The molecule has 1 amide bonds. The van der Waals surface area contributed by atoms with Crippen molar-refractivity contribution in [2.24, 2.45) is 5.73 Å². The van der Waals surface area contributed by atoms with E-state index in [4.69, 9.17) is 10.5 Å². The standard InChI is InChI=1S/C13H21F3N2O6S/c1-11(2,3)22-10(21)18-5-6-25-7-12(4,17)8(19)23-24-9(20)13(14,15)16/h5-7,17H2,1-4H3,(H,18,21)/t12-/m0/s1. The summed E-state index contributed by atoms with van der Waals surface area (Å²) in [5, 5.41) is 2.48. The molecule has 0 fully saturated rings. The second-order valence-corrected chi connectivity index (χ2v) is 7.24. The van der Waals surface area contributed by atoms with E-state index in [1.807, 2.05) is 0 Å². The summed E-state index contributed by atoms with van der Waals surface area (Å²) in [5.41, 5.74) is 3.27. The van der Waals surface area contributed by atoms with Crippen LogP contribution in [-0.4, -0.2) is 53.4 Å². The zero-order chi connectivity index (χ0) is 19.9. The average Bonchev–Trinajstić information content (AvgIpc) is 2.40. The highest BCUT2D eigenvalue weighted by Gasteiger charge is 2.44. The average molecular weight is 390 g/mol. The largest absolute Gasteiger partial charge is 0.495 e. The van der Waals surface area contributed by atoms with Crippen molar-refractivity contribution < 1.29 is 42.1 Å². The van der Waals surface area contributed by atoms with Crippen LogP contribution in [-0.2, 0) is 24.1 Å². The smallest absolute Gasteiger partial charge is 0.444 e. The van der Waals surface area contributed by atoms with Gasteiger partial charge < -0.3 is 15.8 Å². The van der Waals surface area contributed by atoms with Gasteiger partial charge in [-0.1, -0.05) is 0 Å². The quantitative estimate of drug-likeness (QED) is 0.398. The minimum absolute atomic E-state index is 0.0502. The van der Waals surface area contributed by atoms with Gasteiger partial charge in [-0.05, 0) is 27.7 Å². The fraction of sp³-hybridized carbons (Fsp3) is 0.769. The lowest BCUT2D eigenvalue weighted by Gasteiger charge is -2.21. The maximum Gasteiger partial charge on any atom is 0.495 e. The van der Waals surface area contributed by atoms with E-state index in [9.17, 15) is 27.6 Å². The lowest BCUT2D eigenvalue weighted by molar-refractivity contribution is -0.288. The van der Waals surface area contributed by atoms with Crippen molar-refractivity contribution in [3.63, 3.8) is 0 Å². The highest BCUT2D eigenvalue weighted by atomic mass is 32.2. The van der Waals surface area contributed by atoms with Gasteiger partial charge >= 0.3 is 24.2 Å². The van der Waals surface area contributed by atoms with Gasteiger partial charge in [0.15, 0.2) is 0 Å². The number of alkyl carbamates (subject to hydrolysis) is 1. The van der Waals surface area contributed by atoms with Crippen LogP contribution in [0.3, 0.4) is 0 Å². The Morgan fingerprint density at radius 1 is 1.04 bits per heavy atom. The number of hydrogen-bond acceptors (Lipinski definition) is 8. The van der Waals surface area contributed by atoms with Gasteiger partial charge in [-0.25, -0.2) is 24.2 Å². The zero-order valence-electron chi connectivity index (χ0n) is 14.2. The minimum Gasteiger partial charge on any atom is -0.444 e. The van der Waals surface area contributed by atoms with Crippen LogP contribution >= 0.6 is 11.8 Å². The number of thioether (sulfide) groups is 1. The molecule has 12 heteroatoms. The van der Waals surface area contributed by atoms with Crippen LogP contribution in [0.25, 0.3) is 0 Å². The van der Waals surface area contributed by atoms with Crippen LogP contribution in [0.5, 0.6) is 0 Å². The number of carbonyl (C=O) groups excluding carboxylic acids is 3. The minimum atomic E-state index is -5.28. The molecule has 0 rings (SSSR count). The lowest BCUT2D eigenvalue weighted by Crippen LogP contribution is -2.49. The Bertz CT molecular complexity index is 491. The molecule has 8 nitrogen and oxygen atoms in total. The summed E-state index contributed by atoms with van der Waals surface area (Å²) in [4.78, 5) is 40.5. The lowest BCUT2D eigenvalue weighted by atomic mass is 10.1. The third-order valence-electron chi connectivity index (χ3n) is 2.21. The van der Waals surface area contributed by atoms with Crippen molar-refractivity contribution in [2.45, 2.75) is 45.0 Å². The van der Waals surface area contributed by atoms with E-state index in [2.05, 4.69) is 15.1 Å². The molecular weight excluding hydrogens is 369 g/mol. The third-order valence-corrected chi connectivity index (χ3v) is 3.50. The number of ether oxygens (including phenoxy) is 1. The molecule has 146 valence electrons. The molecule has 0 aromatic rings. The first-order valence-electron chi connectivity index (χ1n) is 6.99. The number of halogens is 3. The molecule has 0 unspecified atom stereocenters. The summed E-state index contributed by atoms with van der Waals surface area (Å²) in [6, 6.07) is 0. The van der Waals surface area contributed by atoms with E-state index in [0.717, 1.165) is 11.8 Å². The summed E-state index contributed by atoms with van der Waals surface area (Å²) < 4.78 is 40.7. The Kier molecular flexibility index (Phi) is 8.51. The Balaban J connectivity index is 4.09. The predicted octanol–water partition coefficient (Wildman–Crippen LogP) is 1.53. The van der Waals surface area contributed by atoms with Gasteiger partial charge in [0.1, 0.15) is 11.1 Å². The van der Waals surface area contributed by atoms with Gasteiger partial charge in [0.2, 0.25) is 0 Å². The van der Waals surface area contributed by atoms with Crippen molar-refractivity contribution in [1.29, 1.82) is 0 Å². The molecule has 0 saturated heterocycles. The van der Waals surface area contributed by atoms with Crippen LogP contribution in [0, 0.1) is 0 Å². The summed E-state index contributed by atoms with van der Waals surface area (Å²) in [6.45, 7) is 6.54. The molecule has 3 N–H and O–H groups in total. The third kappa shape index (κ3) is 10.7. The summed E-state index contributed by atoms with van der Waals surface area (Å²) in [6.07, 6.45) is -5.89. The van der Waals surface area contributed by atoms with Gasteiger partial charge in [0.05, 0.1) is 0 Å². The summed E-state index contributed by atoms with van der Waals surface area (Å²) >= 11 is 1.13. The number of nitrogens with one attached hydrogen (secondary N) is 1. The van der Waals surface area contributed by atoms with E-state index in [1.54, 1.807) is 20.8 Å². The topological polar surface area (TPSA) is 117 Å². The SMILES string of the molecule is CC(C)(C)OC(=O)NCCSC[C@](C)(N)C(=O)OOC(=O)C(F)(F)F. The van der Waals surface area contributed by atoms with E-state index < -0.39 is 35.3 Å². The van der Waals surface area contributed by atoms with E-state index in [1.165, 1.54) is 6.92 Å². The second-order valence-electron chi connectivity index (χ2n) is 6.14. The predicted molar refractivity (Wildman–Crippen MR) is 82.4 cm³/mol. The number of hydrogen-bond donors (Lipinski definition) is 2. The van der Waals surface area contributed by atoms with Gasteiger partial charge in [0, 0.05) is 18.1 Å². The normalized spacial score (nSPS) is 14.2. The summed E-state index contributed by atoms with van der Waals surface area (Å²) in [7, 11) is 0. The Labute approximate surface area is 146 Å². The van der Waals surface area contributed by atoms with Gasteiger partial charge in [-0.15, -0.1) is 0 Å². The molecule has 0 aliphatic rings. The van der Waals surface area contributed by atoms with Crippen molar-refractivity contribution in [3.8, 4) is 0 Å². The molecule has 0 aliphatic heterocycles. The van der Waals surface area contributed by atoms with Crippen molar-refractivity contribution >= 4 is 29.8 Å². The van der Waals surface area contributed by atoms with Crippen molar-refractivity contribution in [3.05, 3.63) is 0 Å². The second kappa shape index (κ2) is 9.13. The number of amides is 1. The molecule has 0 bridgehead atoms. The van der Waals surface area contributed by atoms with Gasteiger partial charge in [-0.3, -0.25) is 0 Å². The van der Waals surface area contributed by atoms with E-state index in [-0.39, 0.29) is 12.3 Å². The molecule has 0 heterocycles. The van der Waals surface area contributed by atoms with E-state index >= 15 is 0 Å². The van der Waals surface area contributed by atoms with E-state index in [0.29, 0.717) is 5.75 Å². The molecule has 0 spiro atoms. The Hall–Kier alpha value is -1.69. The molecule has 0 aliphatic carbocycles. The van der Waals surface area contributed by atoms with Crippen LogP contribution < -0.4 is 11.1 Å². The first-order chi connectivity index (χ1) is 11.1. The van der Waals surface area contributed by atoms with Crippen molar-refractivity contribution in [1.82, 2.24) is 5.32 Å². The molecule has 0 aromatic carbocycles. The fourth-order valence-corrected chi connectivity index (χ4v) is 2.03. The van der Waals surface area contributed by atoms with Crippen LogP contribution in [0.1, 0.15) is 27.7 Å². The van der Waals surface area contributed by atoms with Crippen LogP contribution in [0.2, 0.25) is 0 Å². The Morgan fingerprint density at radius 3 is 2.04 bits per heavy atom.